The number of hydrogen-bond donors (Lipinski definition) is 3. The van der Waals surface area contributed by atoms with Crippen LogP contribution in [-0.2, 0) is 9.53 Å². The van der Waals surface area contributed by atoms with E-state index in [4.69, 9.17) is 20.1 Å². The topological polar surface area (TPSA) is 87.0 Å². The zero-order valence-corrected chi connectivity index (χ0v) is 13.0. The molecule has 1 fully saturated rings. The minimum Gasteiger partial charge on any atom is -0.508 e. The normalized spacial score (nSPS) is 15.9. The number of phenols is 1. The number of hydrogen-bond acceptors (Lipinski definition) is 5. The number of benzene rings is 1. The smallest absolute Gasteiger partial charge is 0.143 e. The Kier molecular flexibility index (Phi) is 11.2. The number of carbonyl (C=O) groups is 1. The summed E-state index contributed by atoms with van der Waals surface area (Å²) in [6.45, 7) is 4.14. The summed E-state index contributed by atoms with van der Waals surface area (Å²) in [5, 5.41) is 26.2. The van der Waals surface area contributed by atoms with Gasteiger partial charge in [0.05, 0.1) is 19.6 Å². The third kappa shape index (κ3) is 9.61. The van der Waals surface area contributed by atoms with Gasteiger partial charge in [-0.15, -0.1) is 0 Å². The number of para-hydroxylation sites is 1. The summed E-state index contributed by atoms with van der Waals surface area (Å²) in [4.78, 5) is 10.9. The number of allylic oxidation sites excluding steroid dienone is 2. The largest absolute Gasteiger partial charge is 0.508 e. The van der Waals surface area contributed by atoms with E-state index in [1.807, 2.05) is 19.9 Å². The fourth-order valence-electron chi connectivity index (χ4n) is 1.47. The first-order valence-corrected chi connectivity index (χ1v) is 7.21. The van der Waals surface area contributed by atoms with Crippen LogP contribution in [0.4, 0.5) is 0 Å². The van der Waals surface area contributed by atoms with Crippen LogP contribution in [0.25, 0.3) is 0 Å². The third-order valence-electron chi connectivity index (χ3n) is 2.41. The second-order valence-electron chi connectivity index (χ2n) is 4.07. The molecule has 22 heavy (non-hydrogen) atoms. The van der Waals surface area contributed by atoms with Gasteiger partial charge in [-0.2, -0.15) is 0 Å². The average Bonchev–Trinajstić information content (AvgIpc) is 2.51. The van der Waals surface area contributed by atoms with Gasteiger partial charge >= 0.3 is 0 Å². The molecule has 0 saturated carbocycles. The standard InChI is InChI=1S/C9H12O4.C6H6O.C2H6/c10-3-1-7(11)5-9-6-8(12)2-4-13-9;7-6-4-2-1-3-5-6;1-2/h1,5,10-11H,2-4,6H2;1-5,7H;1-2H3/b7-1+,9-5+;;. The number of rotatable bonds is 2. The Bertz CT molecular complexity index is 477. The molecule has 1 aromatic rings. The molecule has 1 saturated heterocycles. The summed E-state index contributed by atoms with van der Waals surface area (Å²) in [6.07, 6.45) is 3.24. The number of ketones is 1. The number of ether oxygens (including phenoxy) is 1. The van der Waals surface area contributed by atoms with Crippen molar-refractivity contribution in [3.63, 3.8) is 0 Å². The van der Waals surface area contributed by atoms with Crippen LogP contribution in [0.2, 0.25) is 0 Å². The van der Waals surface area contributed by atoms with Crippen molar-refractivity contribution in [3.8, 4) is 5.75 Å². The van der Waals surface area contributed by atoms with Crippen molar-refractivity contribution >= 4 is 5.78 Å². The second-order valence-corrected chi connectivity index (χ2v) is 4.07. The van der Waals surface area contributed by atoms with Crippen LogP contribution in [-0.4, -0.2) is 34.3 Å². The Morgan fingerprint density at radius 3 is 2.36 bits per heavy atom. The lowest BCUT2D eigenvalue weighted by molar-refractivity contribution is -0.121. The van der Waals surface area contributed by atoms with Crippen LogP contribution in [0.15, 0.2) is 54.0 Å². The predicted molar refractivity (Wildman–Crippen MR) is 85.5 cm³/mol. The van der Waals surface area contributed by atoms with Crippen molar-refractivity contribution in [2.24, 2.45) is 0 Å². The number of aliphatic hydroxyl groups is 2. The molecule has 5 heteroatoms. The fourth-order valence-corrected chi connectivity index (χ4v) is 1.47. The molecule has 0 aliphatic carbocycles. The lowest BCUT2D eigenvalue weighted by Gasteiger charge is -2.14. The average molecular weight is 308 g/mol. The highest BCUT2D eigenvalue weighted by Crippen LogP contribution is 2.14. The van der Waals surface area contributed by atoms with Gasteiger partial charge in [-0.3, -0.25) is 4.79 Å². The molecule has 0 bridgehead atoms. The number of carbonyl (C=O) groups excluding carboxylic acids is 1. The quantitative estimate of drug-likeness (QED) is 0.731. The number of phenolic OH excluding ortho intramolecular Hbond substituents is 1. The van der Waals surface area contributed by atoms with Crippen LogP contribution in [0, 0.1) is 0 Å². The van der Waals surface area contributed by atoms with E-state index in [1.54, 1.807) is 24.3 Å². The first kappa shape index (κ1) is 19.7. The molecule has 2 rings (SSSR count). The molecule has 0 aromatic heterocycles. The van der Waals surface area contributed by atoms with Crippen molar-refractivity contribution in [3.05, 3.63) is 54.0 Å². The highest BCUT2D eigenvalue weighted by Gasteiger charge is 2.13. The molecular weight excluding hydrogens is 284 g/mol. The summed E-state index contributed by atoms with van der Waals surface area (Å²) in [7, 11) is 0. The third-order valence-corrected chi connectivity index (χ3v) is 2.41. The summed E-state index contributed by atoms with van der Waals surface area (Å²) in [6, 6.07) is 8.71. The monoisotopic (exact) mass is 308 g/mol. The molecule has 1 aromatic carbocycles. The number of aromatic hydroxyl groups is 1. The van der Waals surface area contributed by atoms with Crippen molar-refractivity contribution in [2.75, 3.05) is 13.2 Å². The van der Waals surface area contributed by atoms with Crippen molar-refractivity contribution in [1.29, 1.82) is 0 Å². The van der Waals surface area contributed by atoms with E-state index in [9.17, 15) is 4.79 Å². The maximum Gasteiger partial charge on any atom is 0.143 e. The second kappa shape index (κ2) is 12.5. The van der Waals surface area contributed by atoms with E-state index in [0.29, 0.717) is 24.5 Å². The number of aliphatic hydroxyl groups excluding tert-OH is 2. The van der Waals surface area contributed by atoms with E-state index in [-0.39, 0.29) is 24.6 Å². The zero-order valence-electron chi connectivity index (χ0n) is 13.0. The van der Waals surface area contributed by atoms with Crippen LogP contribution in [0.5, 0.6) is 5.75 Å². The minimum absolute atomic E-state index is 0.0767. The summed E-state index contributed by atoms with van der Waals surface area (Å²) in [5.74, 6) is 0.808. The Balaban J connectivity index is 0.000000412. The van der Waals surface area contributed by atoms with Crippen LogP contribution in [0.3, 0.4) is 0 Å². The van der Waals surface area contributed by atoms with Crippen LogP contribution in [0.1, 0.15) is 26.7 Å². The van der Waals surface area contributed by atoms with Crippen LogP contribution >= 0.6 is 0 Å². The van der Waals surface area contributed by atoms with Gasteiger partial charge in [-0.05, 0) is 18.2 Å². The van der Waals surface area contributed by atoms with Gasteiger partial charge in [0, 0.05) is 12.5 Å². The van der Waals surface area contributed by atoms with E-state index in [0.717, 1.165) is 0 Å². The van der Waals surface area contributed by atoms with Gasteiger partial charge in [0.25, 0.3) is 0 Å². The van der Waals surface area contributed by atoms with E-state index in [1.165, 1.54) is 12.2 Å². The molecule has 0 spiro atoms. The SMILES string of the molecule is CC.O=C1CCO/C(=C/C(O)=C\CO)C1.Oc1ccccc1. The Morgan fingerprint density at radius 1 is 1.27 bits per heavy atom. The van der Waals surface area contributed by atoms with E-state index >= 15 is 0 Å². The molecule has 122 valence electrons. The van der Waals surface area contributed by atoms with Gasteiger partial charge in [0.2, 0.25) is 0 Å². The van der Waals surface area contributed by atoms with Crippen molar-refractivity contribution < 1.29 is 24.9 Å². The molecule has 0 atom stereocenters. The van der Waals surface area contributed by atoms with Gasteiger partial charge in [0.15, 0.2) is 0 Å². The van der Waals surface area contributed by atoms with Crippen molar-refractivity contribution in [1.82, 2.24) is 0 Å². The Morgan fingerprint density at radius 2 is 1.91 bits per heavy atom. The molecule has 1 heterocycles. The lowest BCUT2D eigenvalue weighted by Crippen LogP contribution is -2.13. The number of Topliss-reactive ketones (excluding diaryl/α,β-unsaturated/α-hetero) is 1. The molecule has 5 nitrogen and oxygen atoms in total. The van der Waals surface area contributed by atoms with Crippen molar-refractivity contribution in [2.45, 2.75) is 26.7 Å². The van der Waals surface area contributed by atoms with E-state index in [2.05, 4.69) is 0 Å². The van der Waals surface area contributed by atoms with Gasteiger partial charge in [0.1, 0.15) is 23.1 Å². The van der Waals surface area contributed by atoms with E-state index < -0.39 is 0 Å². The predicted octanol–water partition coefficient (Wildman–Crippen LogP) is 3.10. The maximum absolute atomic E-state index is 10.9. The molecule has 0 radical (unpaired) electrons. The molecule has 1 aliphatic heterocycles. The minimum atomic E-state index is -0.233. The summed E-state index contributed by atoms with van der Waals surface area (Å²) in [5.41, 5.74) is 0. The molecule has 3 N–H and O–H groups in total. The summed E-state index contributed by atoms with van der Waals surface area (Å²) >= 11 is 0. The Hall–Kier alpha value is -2.27. The van der Waals surface area contributed by atoms with Gasteiger partial charge in [-0.1, -0.05) is 32.0 Å². The first-order chi connectivity index (χ1) is 10.6. The maximum atomic E-state index is 10.9. The van der Waals surface area contributed by atoms with Gasteiger partial charge < -0.3 is 20.1 Å². The first-order valence-electron chi connectivity index (χ1n) is 7.21. The summed E-state index contributed by atoms with van der Waals surface area (Å²) < 4.78 is 5.12. The fraction of sp³-hybridized carbons (Fsp3) is 0.353. The van der Waals surface area contributed by atoms with Crippen LogP contribution < -0.4 is 0 Å². The van der Waals surface area contributed by atoms with Gasteiger partial charge in [-0.25, -0.2) is 0 Å². The lowest BCUT2D eigenvalue weighted by atomic mass is 10.1. The molecule has 0 unspecified atom stereocenters. The highest BCUT2D eigenvalue weighted by atomic mass is 16.5. The zero-order chi connectivity index (χ0) is 16.8. The molecule has 1 aliphatic rings. The Labute approximate surface area is 131 Å². The highest BCUT2D eigenvalue weighted by molar-refractivity contribution is 5.81. The molecular formula is C17H24O5. The molecule has 0 amide bonds.